The van der Waals surface area contributed by atoms with E-state index in [1.54, 1.807) is 0 Å². The maximum atomic E-state index is 12.4. The van der Waals surface area contributed by atoms with Gasteiger partial charge < -0.3 is 10.5 Å². The van der Waals surface area contributed by atoms with E-state index in [0.29, 0.717) is 29.3 Å². The van der Waals surface area contributed by atoms with Gasteiger partial charge in [-0.25, -0.2) is 0 Å². The molecule has 1 aromatic rings. The lowest BCUT2D eigenvalue weighted by Gasteiger charge is -2.35. The molecular formula is C16H21NO2. The summed E-state index contributed by atoms with van der Waals surface area (Å²) in [7, 11) is 0. The van der Waals surface area contributed by atoms with E-state index < -0.39 is 0 Å². The topological polar surface area (TPSA) is 52.3 Å². The first-order chi connectivity index (χ1) is 9.01. The van der Waals surface area contributed by atoms with Crippen molar-refractivity contribution in [2.24, 2.45) is 0 Å². The van der Waals surface area contributed by atoms with Gasteiger partial charge in [0, 0.05) is 0 Å². The highest BCUT2D eigenvalue weighted by Crippen LogP contribution is 2.45. The van der Waals surface area contributed by atoms with Crippen LogP contribution in [0.3, 0.4) is 0 Å². The number of anilines is 1. The molecule has 1 aromatic carbocycles. The van der Waals surface area contributed by atoms with Crippen molar-refractivity contribution in [2.45, 2.75) is 57.5 Å². The maximum Gasteiger partial charge on any atom is 0.170 e. The second kappa shape index (κ2) is 4.26. The molecule has 1 fully saturated rings. The van der Waals surface area contributed by atoms with Gasteiger partial charge in [0.1, 0.15) is 5.60 Å². The van der Waals surface area contributed by atoms with Crippen LogP contribution in [0.25, 0.3) is 0 Å². The lowest BCUT2D eigenvalue weighted by atomic mass is 9.86. The number of ether oxygens (including phenoxy) is 1. The monoisotopic (exact) mass is 259 g/mol. The predicted octanol–water partition coefficient (Wildman–Crippen LogP) is 3.67. The Bertz CT molecular complexity index is 528. The molecular weight excluding hydrogens is 238 g/mol. The van der Waals surface area contributed by atoms with Gasteiger partial charge >= 0.3 is 0 Å². The van der Waals surface area contributed by atoms with Crippen LogP contribution in [0.5, 0.6) is 5.75 Å². The van der Waals surface area contributed by atoms with Crippen molar-refractivity contribution in [1.82, 2.24) is 0 Å². The molecule has 0 bridgehead atoms. The lowest BCUT2D eigenvalue weighted by molar-refractivity contribution is 0.0456. The molecule has 2 N–H and O–H groups in total. The Morgan fingerprint density at radius 2 is 1.95 bits per heavy atom. The van der Waals surface area contributed by atoms with Crippen molar-refractivity contribution in [2.75, 3.05) is 5.73 Å². The lowest BCUT2D eigenvalue weighted by Crippen LogP contribution is -2.39. The number of hydrogen-bond acceptors (Lipinski definition) is 3. The van der Waals surface area contributed by atoms with E-state index in [1.165, 1.54) is 0 Å². The van der Waals surface area contributed by atoms with Crippen LogP contribution >= 0.6 is 0 Å². The van der Waals surface area contributed by atoms with E-state index in [4.69, 9.17) is 10.5 Å². The van der Waals surface area contributed by atoms with Crippen LogP contribution in [0.2, 0.25) is 0 Å². The number of rotatable bonds is 1. The summed E-state index contributed by atoms with van der Waals surface area (Å²) in [4.78, 5) is 12.4. The summed E-state index contributed by atoms with van der Waals surface area (Å²) in [5, 5.41) is 0. The predicted molar refractivity (Wildman–Crippen MR) is 75.7 cm³/mol. The summed E-state index contributed by atoms with van der Waals surface area (Å²) < 4.78 is 6.17. The van der Waals surface area contributed by atoms with Crippen LogP contribution in [0.4, 0.5) is 5.69 Å². The number of hydrogen-bond donors (Lipinski definition) is 1. The van der Waals surface area contributed by atoms with Gasteiger partial charge in [0.25, 0.3) is 0 Å². The molecule has 2 aliphatic rings. The van der Waals surface area contributed by atoms with E-state index in [9.17, 15) is 4.79 Å². The average molecular weight is 259 g/mol. The molecule has 1 saturated carbocycles. The number of carbonyl (C=O) groups is 1. The molecule has 0 unspecified atom stereocenters. The zero-order chi connectivity index (χ0) is 13.6. The van der Waals surface area contributed by atoms with Crippen molar-refractivity contribution in [3.8, 4) is 5.75 Å². The Morgan fingerprint density at radius 1 is 1.26 bits per heavy atom. The molecule has 0 saturated heterocycles. The first-order valence-corrected chi connectivity index (χ1v) is 7.16. The average Bonchev–Trinajstić information content (AvgIpc) is 2.78. The number of Topliss-reactive ketones (excluding diaryl/α,β-unsaturated/α-hetero) is 1. The number of benzene rings is 1. The molecule has 1 heterocycles. The van der Waals surface area contributed by atoms with Crippen LogP contribution in [-0.2, 0) is 0 Å². The summed E-state index contributed by atoms with van der Waals surface area (Å²) >= 11 is 0. The minimum Gasteiger partial charge on any atom is -0.484 e. The van der Waals surface area contributed by atoms with Crippen LogP contribution in [0.1, 0.15) is 67.8 Å². The third kappa shape index (κ3) is 2.01. The highest BCUT2D eigenvalue weighted by atomic mass is 16.5. The Kier molecular flexibility index (Phi) is 2.80. The van der Waals surface area contributed by atoms with Crippen LogP contribution in [0, 0.1) is 0 Å². The standard InChI is InChI=1S/C16H21NO2/c1-10(2)11-7-12-14(18)9-16(5-3-4-6-16)19-15(12)13(17)8-11/h7-8,10H,3-6,9,17H2,1-2H3. The molecule has 3 rings (SSSR count). The highest BCUT2D eigenvalue weighted by molar-refractivity contribution is 6.02. The molecule has 1 aliphatic heterocycles. The zero-order valence-corrected chi connectivity index (χ0v) is 11.7. The van der Waals surface area contributed by atoms with Crippen LogP contribution < -0.4 is 10.5 Å². The van der Waals surface area contributed by atoms with Gasteiger partial charge in [-0.1, -0.05) is 13.8 Å². The van der Waals surface area contributed by atoms with Gasteiger partial charge in [-0.15, -0.1) is 0 Å². The molecule has 0 radical (unpaired) electrons. The van der Waals surface area contributed by atoms with E-state index in [-0.39, 0.29) is 11.4 Å². The van der Waals surface area contributed by atoms with Crippen LogP contribution in [0.15, 0.2) is 12.1 Å². The van der Waals surface area contributed by atoms with Gasteiger partial charge in [-0.05, 0) is 49.3 Å². The quantitative estimate of drug-likeness (QED) is 0.783. The SMILES string of the molecule is CC(C)c1cc(N)c2c(c1)C(=O)CC1(CCCC1)O2. The van der Waals surface area contributed by atoms with Gasteiger partial charge in [0.2, 0.25) is 0 Å². The molecule has 3 heteroatoms. The number of fused-ring (bicyclic) bond motifs is 1. The van der Waals surface area contributed by atoms with Crippen molar-refractivity contribution in [3.63, 3.8) is 0 Å². The number of nitrogen functional groups attached to an aromatic ring is 1. The first kappa shape index (κ1) is 12.5. The Labute approximate surface area is 114 Å². The number of ketones is 1. The Balaban J connectivity index is 2.06. The zero-order valence-electron chi connectivity index (χ0n) is 11.7. The Morgan fingerprint density at radius 3 is 2.58 bits per heavy atom. The van der Waals surface area contributed by atoms with E-state index >= 15 is 0 Å². The third-order valence-electron chi connectivity index (χ3n) is 4.42. The minimum atomic E-state index is -0.266. The smallest absolute Gasteiger partial charge is 0.170 e. The fourth-order valence-corrected chi connectivity index (χ4v) is 3.27. The Hall–Kier alpha value is -1.51. The summed E-state index contributed by atoms with van der Waals surface area (Å²) in [5.41, 5.74) is 8.25. The van der Waals surface area contributed by atoms with Gasteiger partial charge in [0.15, 0.2) is 11.5 Å². The first-order valence-electron chi connectivity index (χ1n) is 7.16. The third-order valence-corrected chi connectivity index (χ3v) is 4.42. The molecule has 19 heavy (non-hydrogen) atoms. The normalized spacial score (nSPS) is 20.7. The van der Waals surface area contributed by atoms with E-state index in [0.717, 1.165) is 31.2 Å². The summed E-state index contributed by atoms with van der Waals surface area (Å²) in [5.74, 6) is 1.18. The van der Waals surface area contributed by atoms with Gasteiger partial charge in [-0.3, -0.25) is 4.79 Å². The highest BCUT2D eigenvalue weighted by Gasteiger charge is 2.43. The second-order valence-corrected chi connectivity index (χ2v) is 6.23. The molecule has 1 spiro atoms. The molecule has 102 valence electrons. The van der Waals surface area contributed by atoms with Gasteiger partial charge in [0.05, 0.1) is 17.7 Å². The van der Waals surface area contributed by atoms with Crippen LogP contribution in [-0.4, -0.2) is 11.4 Å². The second-order valence-electron chi connectivity index (χ2n) is 6.23. The molecule has 0 atom stereocenters. The molecule has 0 aromatic heterocycles. The molecule has 3 nitrogen and oxygen atoms in total. The van der Waals surface area contributed by atoms with Gasteiger partial charge in [-0.2, -0.15) is 0 Å². The fourth-order valence-electron chi connectivity index (χ4n) is 3.27. The van der Waals surface area contributed by atoms with E-state index in [1.807, 2.05) is 12.1 Å². The van der Waals surface area contributed by atoms with Crippen molar-refractivity contribution < 1.29 is 9.53 Å². The fraction of sp³-hybridized carbons (Fsp3) is 0.562. The summed E-state index contributed by atoms with van der Waals surface area (Å²) in [6.07, 6.45) is 4.76. The maximum absolute atomic E-state index is 12.4. The van der Waals surface area contributed by atoms with Crippen molar-refractivity contribution in [1.29, 1.82) is 0 Å². The summed E-state index contributed by atoms with van der Waals surface area (Å²) in [6.45, 7) is 4.21. The minimum absolute atomic E-state index is 0.192. The molecule has 0 amide bonds. The van der Waals surface area contributed by atoms with Crippen molar-refractivity contribution >= 4 is 11.5 Å². The van der Waals surface area contributed by atoms with E-state index in [2.05, 4.69) is 13.8 Å². The summed E-state index contributed by atoms with van der Waals surface area (Å²) in [6, 6.07) is 3.91. The number of nitrogens with two attached hydrogens (primary N) is 1. The number of carbonyl (C=O) groups excluding carboxylic acids is 1. The largest absolute Gasteiger partial charge is 0.484 e. The van der Waals surface area contributed by atoms with Crippen molar-refractivity contribution in [3.05, 3.63) is 23.3 Å². The molecule has 1 aliphatic carbocycles.